The summed E-state index contributed by atoms with van der Waals surface area (Å²) in [5.74, 6) is 0.247. The number of pyridine rings is 8. The highest BCUT2D eigenvalue weighted by atomic mass is 32.1. The average Bonchev–Trinajstić information content (AvgIpc) is 1.31. The maximum Gasteiger partial charge on any atom is 0.163 e. The third-order valence-corrected chi connectivity index (χ3v) is 24.0. The number of hydrogen-bond donors (Lipinski definition) is 0. The van der Waals surface area contributed by atoms with Crippen LogP contribution in [0, 0.1) is 0 Å². The van der Waals surface area contributed by atoms with Crippen LogP contribution in [0.2, 0.25) is 0 Å². The summed E-state index contributed by atoms with van der Waals surface area (Å²) in [4.78, 5) is 61.0. The van der Waals surface area contributed by atoms with Gasteiger partial charge < -0.3 is 0 Å². The first-order valence-electron chi connectivity index (χ1n) is 40.6. The maximum atomic E-state index is 11.8. The maximum absolute atomic E-state index is 11.8. The van der Waals surface area contributed by atoms with Crippen LogP contribution in [0.5, 0.6) is 0 Å². The molecular weight excluding hydrogens is 1460 g/mol. The smallest absolute Gasteiger partial charge is 0.163 e. The topological polar surface area (TPSA) is 159 Å². The minimum absolute atomic E-state index is 0.247. The number of carbonyl (C=O) groups is 1. The van der Waals surface area contributed by atoms with Crippen molar-refractivity contribution < 1.29 is 4.79 Å². The predicted octanol–water partition coefficient (Wildman–Crippen LogP) is 24.5. The second kappa shape index (κ2) is 33.7. The molecule has 5 aliphatic rings. The highest BCUT2D eigenvalue weighted by molar-refractivity contribution is 7.16. The Labute approximate surface area is 690 Å². The molecule has 568 valence electrons. The summed E-state index contributed by atoms with van der Waals surface area (Å²) >= 11 is 1.68. The van der Waals surface area contributed by atoms with Gasteiger partial charge in [0.15, 0.2) is 5.78 Å². The van der Waals surface area contributed by atoms with Gasteiger partial charge in [-0.25, -0.2) is 4.98 Å². The lowest BCUT2D eigenvalue weighted by Crippen LogP contribution is -1.93. The van der Waals surface area contributed by atoms with E-state index in [-0.39, 0.29) is 5.78 Å². The van der Waals surface area contributed by atoms with E-state index in [0.29, 0.717) is 6.42 Å². The summed E-state index contributed by atoms with van der Waals surface area (Å²) in [5, 5.41) is 1.17. The van der Waals surface area contributed by atoms with Crippen LogP contribution in [-0.4, -0.2) is 60.6 Å². The standard InChI is InChI=1S/C23H18N2.C22H17N3.C21H16N2S.C20H16N2.C19H14N2O/c1-2-9-22-20(7-1)19(12-14-24-22)21-8-4-13-25-23(21)18-11-10-16-5-3-6-17(16)15-18;1-3-15-6-7-18(13-16(15)4-1)22-19(5-2-10-25-22)17-8-9-20-21(14-17)24-12-11-23-20;1-3-14-6-7-17(11-15(14)4-1)21-18(5-2-10-22-21)16-8-9-19-20(12-16)24-13-23-19;1-14-4-5-16-13-17(6-7-18(14)16)20-19(3-2-10-22-20)15-8-11-21-12-9-15;22-18-6-4-14-12-15(3-5-16(14)18)19-17(2-1-9-21-19)13-7-10-20-11-8-13/h1-2,4,7-15H,3,5-6H2;2,5-14H,1,3-4H2;2,5-13H,1,3-4H2;2-4,6-13H,5H2,1H3;1-3,5,7-12H,4,6H2. The van der Waals surface area contributed by atoms with E-state index in [4.69, 9.17) is 15.0 Å². The van der Waals surface area contributed by atoms with E-state index >= 15 is 0 Å². The molecule has 0 radical (unpaired) electrons. The molecule has 0 amide bonds. The Bertz CT molecular complexity index is 6820. The average molecular weight is 1540 g/mol. The molecule has 8 aromatic carbocycles. The SMILES string of the molecule is CC1=CCc2cc(-c3ncccc3-c3ccncc3)ccc21.O=C1CCc2cc(-c3ncccc3-c3ccncc3)ccc21.c1cnc(-c2ccc3c(c2)CCC3)c(-c2ccc3nccnc3c2)c1.c1cnc(-c2ccc3c(c2)CCC3)c(-c2ccc3ncsc3c2)c1.c1cnc(-c2ccc3c(c2)CCC3)c(-c2ccnc3ccccc23)c1. The van der Waals surface area contributed by atoms with E-state index in [9.17, 15) is 4.79 Å². The molecular formula is C105H81N11OS. The minimum Gasteiger partial charge on any atom is -0.294 e. The Morgan fingerprint density at radius 2 is 0.686 bits per heavy atom. The van der Waals surface area contributed by atoms with Crippen molar-refractivity contribution in [1.29, 1.82) is 0 Å². The van der Waals surface area contributed by atoms with E-state index in [1.54, 1.807) is 42.3 Å². The molecule has 12 nitrogen and oxygen atoms in total. The van der Waals surface area contributed by atoms with Gasteiger partial charge in [0.2, 0.25) is 0 Å². The number of allylic oxidation sites excluding steroid dienone is 2. The third kappa shape index (κ3) is 15.6. The number of carbonyl (C=O) groups excluding carboxylic acids is 1. The number of rotatable bonds is 10. The van der Waals surface area contributed by atoms with Crippen molar-refractivity contribution in [1.82, 2.24) is 54.8 Å². The Hall–Kier alpha value is -14.1. The van der Waals surface area contributed by atoms with E-state index < -0.39 is 0 Å². The number of hydrogen-bond acceptors (Lipinski definition) is 13. The van der Waals surface area contributed by atoms with Crippen LogP contribution in [-0.2, 0) is 51.4 Å². The third-order valence-electron chi connectivity index (χ3n) is 23.2. The molecule has 5 aliphatic carbocycles. The molecule has 0 aliphatic heterocycles. The molecule has 13 heteroatoms. The van der Waals surface area contributed by atoms with Crippen molar-refractivity contribution in [3.63, 3.8) is 0 Å². The summed E-state index contributed by atoms with van der Waals surface area (Å²) in [5.41, 5.74) is 43.3. The molecule has 0 N–H and O–H groups in total. The summed E-state index contributed by atoms with van der Waals surface area (Å²) < 4.78 is 1.22. The molecule has 10 heterocycles. The summed E-state index contributed by atoms with van der Waals surface area (Å²) in [6.07, 6.45) is 37.6. The second-order valence-electron chi connectivity index (χ2n) is 30.4. The molecule has 0 atom stereocenters. The Balaban J connectivity index is 0.0000000981. The van der Waals surface area contributed by atoms with Gasteiger partial charge in [-0.05, 0) is 282 Å². The Morgan fingerprint density at radius 3 is 1.24 bits per heavy atom. The number of benzene rings is 8. The monoisotopic (exact) mass is 1540 g/mol. The zero-order valence-corrected chi connectivity index (χ0v) is 66.2. The molecule has 0 saturated heterocycles. The fraction of sp³-hybridized carbons (Fsp3) is 0.124. The summed E-state index contributed by atoms with van der Waals surface area (Å²) in [7, 11) is 0. The van der Waals surface area contributed by atoms with Crippen LogP contribution in [0.25, 0.3) is 150 Å². The van der Waals surface area contributed by atoms with Gasteiger partial charge in [-0.1, -0.05) is 127 Å². The highest BCUT2D eigenvalue weighted by Crippen LogP contribution is 2.42. The van der Waals surface area contributed by atoms with E-state index in [0.717, 1.165) is 113 Å². The predicted molar refractivity (Wildman–Crippen MR) is 479 cm³/mol. The van der Waals surface area contributed by atoms with Crippen LogP contribution in [0.1, 0.15) is 93.0 Å². The normalized spacial score (nSPS) is 13.1. The largest absolute Gasteiger partial charge is 0.294 e. The van der Waals surface area contributed by atoms with E-state index in [2.05, 4.69) is 217 Å². The van der Waals surface area contributed by atoms with Crippen LogP contribution >= 0.6 is 11.3 Å². The van der Waals surface area contributed by atoms with Crippen molar-refractivity contribution in [3.8, 4) is 112 Å². The van der Waals surface area contributed by atoms with Gasteiger partial charge in [0.1, 0.15) is 0 Å². The number of fused-ring (bicyclic) bond motifs is 8. The lowest BCUT2D eigenvalue weighted by molar-refractivity contribution is 0.0994. The van der Waals surface area contributed by atoms with Crippen molar-refractivity contribution >= 4 is 54.8 Å². The van der Waals surface area contributed by atoms with Crippen LogP contribution in [0.15, 0.2) is 329 Å². The first-order chi connectivity index (χ1) is 58.3. The Kier molecular flexibility index (Phi) is 21.2. The number of para-hydroxylation sites is 1. The summed E-state index contributed by atoms with van der Waals surface area (Å²) in [6, 6.07) is 84.9. The molecule has 18 aromatic rings. The zero-order chi connectivity index (χ0) is 79.1. The molecule has 10 aromatic heterocycles. The number of nitrogens with zero attached hydrogens (tertiary/aromatic N) is 11. The zero-order valence-electron chi connectivity index (χ0n) is 65.4. The second-order valence-corrected chi connectivity index (χ2v) is 31.3. The van der Waals surface area contributed by atoms with E-state index in [1.165, 1.54) is 162 Å². The first-order valence-corrected chi connectivity index (χ1v) is 41.5. The van der Waals surface area contributed by atoms with Gasteiger partial charge in [0.05, 0.1) is 60.7 Å². The molecule has 0 spiro atoms. The fourth-order valence-electron chi connectivity index (χ4n) is 17.3. The molecule has 0 bridgehead atoms. The number of ketones is 1. The van der Waals surface area contributed by atoms with Crippen molar-refractivity contribution in [2.45, 2.75) is 84.0 Å². The Morgan fingerprint density at radius 1 is 0.254 bits per heavy atom. The van der Waals surface area contributed by atoms with Crippen LogP contribution in [0.3, 0.4) is 0 Å². The number of Topliss-reactive ketones (excluding diaryl/α,β-unsaturated/α-hetero) is 1. The van der Waals surface area contributed by atoms with E-state index in [1.807, 2.05) is 128 Å². The molecule has 23 rings (SSSR count). The minimum atomic E-state index is 0.247. The quantitative estimate of drug-likeness (QED) is 0.128. The number of thiazole rings is 1. The number of aryl methyl sites for hydroxylation is 7. The molecule has 0 unspecified atom stereocenters. The van der Waals surface area contributed by atoms with Gasteiger partial charge in [0, 0.05) is 147 Å². The molecule has 0 fully saturated rings. The summed E-state index contributed by atoms with van der Waals surface area (Å²) in [6.45, 7) is 2.18. The van der Waals surface area contributed by atoms with Gasteiger partial charge >= 0.3 is 0 Å². The lowest BCUT2D eigenvalue weighted by Gasteiger charge is -2.12. The van der Waals surface area contributed by atoms with Gasteiger partial charge in [-0.15, -0.1) is 11.3 Å². The highest BCUT2D eigenvalue weighted by Gasteiger charge is 2.24. The van der Waals surface area contributed by atoms with Crippen LogP contribution < -0.4 is 0 Å². The van der Waals surface area contributed by atoms with Gasteiger partial charge in [-0.2, -0.15) is 0 Å². The molecule has 0 saturated carbocycles. The van der Waals surface area contributed by atoms with Crippen molar-refractivity contribution in [2.75, 3.05) is 0 Å². The fourth-order valence-corrected chi connectivity index (χ4v) is 18.0. The first kappa shape index (κ1) is 74.0. The van der Waals surface area contributed by atoms with Gasteiger partial charge in [-0.3, -0.25) is 54.6 Å². The van der Waals surface area contributed by atoms with Crippen LogP contribution in [0.4, 0.5) is 0 Å². The number of aromatic nitrogens is 11. The van der Waals surface area contributed by atoms with Gasteiger partial charge in [0.25, 0.3) is 0 Å². The lowest BCUT2D eigenvalue weighted by atomic mass is 9.95. The van der Waals surface area contributed by atoms with Crippen molar-refractivity contribution in [2.24, 2.45) is 0 Å². The van der Waals surface area contributed by atoms with Crippen molar-refractivity contribution in [3.05, 3.63) is 384 Å². The molecule has 118 heavy (non-hydrogen) atoms.